The van der Waals surface area contributed by atoms with Gasteiger partial charge in [0.25, 0.3) is 5.91 Å². The van der Waals surface area contributed by atoms with E-state index in [1.807, 2.05) is 24.3 Å². The van der Waals surface area contributed by atoms with Gasteiger partial charge in [-0.15, -0.1) is 10.2 Å². The van der Waals surface area contributed by atoms with Crippen molar-refractivity contribution in [1.29, 1.82) is 0 Å². The van der Waals surface area contributed by atoms with Crippen LogP contribution in [0.15, 0.2) is 48.5 Å². The molecule has 0 atom stereocenters. The molecule has 32 heavy (non-hydrogen) atoms. The quantitative estimate of drug-likeness (QED) is 0.463. The predicted octanol–water partition coefficient (Wildman–Crippen LogP) is 5.14. The fourth-order valence-corrected chi connectivity index (χ4v) is 3.99. The van der Waals surface area contributed by atoms with Crippen LogP contribution in [0, 0.1) is 6.92 Å². The first-order valence-electron chi connectivity index (χ1n) is 10.1. The highest BCUT2D eigenvalue weighted by Crippen LogP contribution is 2.33. The number of amides is 1. The maximum atomic E-state index is 12.6. The van der Waals surface area contributed by atoms with Crippen molar-refractivity contribution in [3.63, 3.8) is 0 Å². The normalized spacial score (nSPS) is 13.9. The van der Waals surface area contributed by atoms with E-state index in [0.29, 0.717) is 47.0 Å². The molecule has 1 aliphatic heterocycles. The second-order valence-electron chi connectivity index (χ2n) is 7.50. The standard InChI is InChI=1S/C23H21Cl3N4O2/c1-15-2-4-16(5-3-15)20-6-7-22(28-27-20)29-8-10-30(11-9-29)23(31)14-32-21-13-18(25)17(24)12-19(21)26/h2-7,12-13H,8-11,14H2,1H3. The Labute approximate surface area is 201 Å². The van der Waals surface area contributed by atoms with Gasteiger partial charge >= 0.3 is 0 Å². The average molecular weight is 492 g/mol. The van der Waals surface area contributed by atoms with Crippen LogP contribution in [0.5, 0.6) is 5.75 Å². The predicted molar refractivity (Wildman–Crippen MR) is 128 cm³/mol. The van der Waals surface area contributed by atoms with Gasteiger partial charge in [-0.25, -0.2) is 0 Å². The molecule has 6 nitrogen and oxygen atoms in total. The molecule has 1 fully saturated rings. The maximum Gasteiger partial charge on any atom is 0.260 e. The molecule has 4 rings (SSSR count). The Bertz CT molecular complexity index is 1100. The summed E-state index contributed by atoms with van der Waals surface area (Å²) in [6.45, 7) is 4.40. The minimum absolute atomic E-state index is 0.118. The zero-order chi connectivity index (χ0) is 22.7. The number of piperazine rings is 1. The number of aromatic nitrogens is 2. The second-order valence-corrected chi connectivity index (χ2v) is 8.72. The van der Waals surface area contributed by atoms with Crippen molar-refractivity contribution in [2.45, 2.75) is 6.92 Å². The Morgan fingerprint density at radius 3 is 2.25 bits per heavy atom. The number of hydrogen-bond acceptors (Lipinski definition) is 5. The maximum absolute atomic E-state index is 12.6. The van der Waals surface area contributed by atoms with Gasteiger partial charge < -0.3 is 14.5 Å². The zero-order valence-corrected chi connectivity index (χ0v) is 19.7. The number of rotatable bonds is 5. The number of benzene rings is 2. The highest BCUT2D eigenvalue weighted by molar-refractivity contribution is 6.43. The van der Waals surface area contributed by atoms with Gasteiger partial charge in [0.05, 0.1) is 20.8 Å². The topological polar surface area (TPSA) is 58.6 Å². The van der Waals surface area contributed by atoms with Crippen LogP contribution < -0.4 is 9.64 Å². The molecule has 0 N–H and O–H groups in total. The molecule has 1 amide bonds. The third-order valence-electron chi connectivity index (χ3n) is 5.28. The summed E-state index contributed by atoms with van der Waals surface area (Å²) in [5, 5.41) is 9.72. The lowest BCUT2D eigenvalue weighted by atomic mass is 10.1. The SMILES string of the molecule is Cc1ccc(-c2ccc(N3CCN(C(=O)COc4cc(Cl)c(Cl)cc4Cl)CC3)nn2)cc1. The average Bonchev–Trinajstić information content (AvgIpc) is 2.81. The molecule has 0 radical (unpaired) electrons. The van der Waals surface area contributed by atoms with Gasteiger partial charge in [-0.2, -0.15) is 0 Å². The number of carbonyl (C=O) groups is 1. The van der Waals surface area contributed by atoms with Crippen molar-refractivity contribution in [1.82, 2.24) is 15.1 Å². The lowest BCUT2D eigenvalue weighted by Crippen LogP contribution is -2.50. The Morgan fingerprint density at radius 1 is 0.906 bits per heavy atom. The van der Waals surface area contributed by atoms with E-state index in [-0.39, 0.29) is 12.5 Å². The Balaban J connectivity index is 1.30. The van der Waals surface area contributed by atoms with Crippen LogP contribution in [0.25, 0.3) is 11.3 Å². The van der Waals surface area contributed by atoms with E-state index < -0.39 is 0 Å². The van der Waals surface area contributed by atoms with E-state index in [4.69, 9.17) is 39.5 Å². The van der Waals surface area contributed by atoms with Crippen molar-refractivity contribution in [3.05, 3.63) is 69.2 Å². The van der Waals surface area contributed by atoms with E-state index in [2.05, 4.69) is 34.2 Å². The largest absolute Gasteiger partial charge is 0.482 e. The zero-order valence-electron chi connectivity index (χ0n) is 17.4. The fourth-order valence-electron chi connectivity index (χ4n) is 3.40. The summed E-state index contributed by atoms with van der Waals surface area (Å²) in [4.78, 5) is 16.4. The number of halogens is 3. The van der Waals surface area contributed by atoms with Gasteiger partial charge in [0, 0.05) is 37.8 Å². The summed E-state index contributed by atoms with van der Waals surface area (Å²) >= 11 is 18.0. The molecule has 1 aliphatic rings. The molecule has 0 spiro atoms. The number of carbonyl (C=O) groups excluding carboxylic acids is 1. The summed E-state index contributed by atoms with van der Waals surface area (Å²) in [5.74, 6) is 1.01. The van der Waals surface area contributed by atoms with Crippen molar-refractivity contribution in [2.24, 2.45) is 0 Å². The number of hydrogen-bond donors (Lipinski definition) is 0. The third kappa shape index (κ3) is 5.26. The first-order chi connectivity index (χ1) is 15.4. The Hall–Kier alpha value is -2.54. The molecule has 1 saturated heterocycles. The van der Waals surface area contributed by atoms with Gasteiger partial charge in [-0.05, 0) is 25.1 Å². The molecule has 9 heteroatoms. The summed E-state index contributed by atoms with van der Waals surface area (Å²) in [6.07, 6.45) is 0. The smallest absolute Gasteiger partial charge is 0.260 e. The van der Waals surface area contributed by atoms with Crippen LogP contribution in [-0.4, -0.2) is 53.8 Å². The molecular formula is C23H21Cl3N4O2. The summed E-state index contributed by atoms with van der Waals surface area (Å²) in [5.41, 5.74) is 3.07. The Morgan fingerprint density at radius 2 is 1.59 bits per heavy atom. The Kier molecular flexibility index (Phi) is 7.04. The van der Waals surface area contributed by atoms with Gasteiger partial charge in [-0.3, -0.25) is 4.79 Å². The first kappa shape index (κ1) is 22.6. The van der Waals surface area contributed by atoms with Crippen molar-refractivity contribution in [2.75, 3.05) is 37.7 Å². The second kappa shape index (κ2) is 9.94. The molecule has 0 bridgehead atoms. The van der Waals surface area contributed by atoms with Gasteiger partial charge in [0.15, 0.2) is 12.4 Å². The molecular weight excluding hydrogens is 471 g/mol. The van der Waals surface area contributed by atoms with E-state index in [0.717, 1.165) is 17.1 Å². The molecule has 2 heterocycles. The van der Waals surface area contributed by atoms with Crippen LogP contribution in [0.3, 0.4) is 0 Å². The lowest BCUT2D eigenvalue weighted by molar-refractivity contribution is -0.133. The first-order valence-corrected chi connectivity index (χ1v) is 11.2. The number of anilines is 1. The number of nitrogens with zero attached hydrogens (tertiary/aromatic N) is 4. The van der Waals surface area contributed by atoms with E-state index in [9.17, 15) is 4.79 Å². The summed E-state index contributed by atoms with van der Waals surface area (Å²) < 4.78 is 5.56. The molecule has 2 aromatic carbocycles. The third-order valence-corrected chi connectivity index (χ3v) is 6.30. The molecule has 0 unspecified atom stereocenters. The highest BCUT2D eigenvalue weighted by atomic mass is 35.5. The van der Waals surface area contributed by atoms with Crippen LogP contribution >= 0.6 is 34.8 Å². The monoisotopic (exact) mass is 490 g/mol. The van der Waals surface area contributed by atoms with Gasteiger partial charge in [0.2, 0.25) is 0 Å². The van der Waals surface area contributed by atoms with E-state index in [1.165, 1.54) is 17.7 Å². The molecule has 0 saturated carbocycles. The molecule has 0 aliphatic carbocycles. The van der Waals surface area contributed by atoms with Crippen molar-refractivity contribution >= 4 is 46.5 Å². The lowest BCUT2D eigenvalue weighted by Gasteiger charge is -2.35. The molecule has 1 aromatic heterocycles. The minimum atomic E-state index is -0.122. The van der Waals surface area contributed by atoms with E-state index in [1.54, 1.807) is 4.90 Å². The van der Waals surface area contributed by atoms with Gasteiger partial charge in [-0.1, -0.05) is 64.6 Å². The number of ether oxygens (including phenoxy) is 1. The van der Waals surface area contributed by atoms with Crippen molar-refractivity contribution < 1.29 is 9.53 Å². The fraction of sp³-hybridized carbons (Fsp3) is 0.261. The van der Waals surface area contributed by atoms with Crippen LogP contribution in [-0.2, 0) is 4.79 Å². The van der Waals surface area contributed by atoms with Crippen LogP contribution in [0.2, 0.25) is 15.1 Å². The summed E-state index contributed by atoms with van der Waals surface area (Å²) in [6, 6.07) is 15.1. The molecule has 3 aromatic rings. The highest BCUT2D eigenvalue weighted by Gasteiger charge is 2.23. The van der Waals surface area contributed by atoms with Crippen molar-refractivity contribution in [3.8, 4) is 17.0 Å². The molecule has 166 valence electrons. The summed E-state index contributed by atoms with van der Waals surface area (Å²) in [7, 11) is 0. The van der Waals surface area contributed by atoms with Crippen LogP contribution in [0.1, 0.15) is 5.56 Å². The van der Waals surface area contributed by atoms with Gasteiger partial charge in [0.1, 0.15) is 5.75 Å². The van der Waals surface area contributed by atoms with E-state index >= 15 is 0 Å². The van der Waals surface area contributed by atoms with Crippen LogP contribution in [0.4, 0.5) is 5.82 Å². The number of aryl methyl sites for hydroxylation is 1. The minimum Gasteiger partial charge on any atom is -0.482 e.